The fourth-order valence-electron chi connectivity index (χ4n) is 0. The summed E-state index contributed by atoms with van der Waals surface area (Å²) in [6.07, 6.45) is 0. The molecule has 0 aromatic carbocycles. The molecule has 0 saturated carbocycles. The SMILES string of the molecule is [O]=[Fe].[O]=[Mo]. The Morgan fingerprint density at radius 1 is 1.25 bits per heavy atom. The van der Waals surface area contributed by atoms with E-state index in [1.165, 1.54) is 0 Å². The predicted molar refractivity (Wildman–Crippen MR) is 1.37 cm³/mol. The Kier molecular flexibility index (Phi) is 102. The van der Waals surface area contributed by atoms with E-state index < -0.39 is 0 Å². The van der Waals surface area contributed by atoms with E-state index in [9.17, 15) is 0 Å². The van der Waals surface area contributed by atoms with E-state index in [1.54, 1.807) is 0 Å². The Balaban J connectivity index is 0. The van der Waals surface area contributed by atoms with Crippen molar-refractivity contribution in [3.05, 3.63) is 0 Å². The summed E-state index contributed by atoms with van der Waals surface area (Å²) in [6.45, 7) is 0. The van der Waals surface area contributed by atoms with Crippen LogP contribution in [0.1, 0.15) is 0 Å². The molecule has 4 heteroatoms. The van der Waals surface area contributed by atoms with Gasteiger partial charge >= 0.3 is 43.0 Å². The van der Waals surface area contributed by atoms with Gasteiger partial charge in [-0.25, -0.2) is 0 Å². The average Bonchev–Trinajstić information content (AvgIpc) is 1.50. The molecule has 0 bridgehead atoms. The standard InChI is InChI=1S/Fe.Mo.2O. The van der Waals surface area contributed by atoms with Gasteiger partial charge in [0.15, 0.2) is 0 Å². The molecule has 0 fully saturated rings. The minimum atomic E-state index is 0.700. The predicted octanol–water partition coefficient (Wildman–Crippen LogP) is -0.243. The Hall–Kier alpha value is 0.808. The molecule has 0 N–H and O–H groups in total. The van der Waals surface area contributed by atoms with Crippen LogP contribution in [0, 0.1) is 0 Å². The third kappa shape index (κ3) is 14.1. The van der Waals surface area contributed by atoms with Crippen LogP contribution in [0.4, 0.5) is 0 Å². The first-order valence-electron chi connectivity index (χ1n) is 0.311. The molecule has 26 valence electrons. The van der Waals surface area contributed by atoms with Crippen molar-refractivity contribution >= 4 is 0 Å². The molecule has 0 heterocycles. The van der Waals surface area contributed by atoms with Crippen LogP contribution in [-0.2, 0) is 43.0 Å². The zero-order chi connectivity index (χ0) is 4.00. The molecule has 0 aromatic heterocycles. The van der Waals surface area contributed by atoms with Crippen molar-refractivity contribution in [1.82, 2.24) is 0 Å². The first kappa shape index (κ1) is 8.84. The molecule has 4 heavy (non-hydrogen) atoms. The van der Waals surface area contributed by atoms with Crippen molar-refractivity contribution in [3.63, 3.8) is 0 Å². The zero-order valence-electron chi connectivity index (χ0n) is 1.58. The third-order valence-corrected chi connectivity index (χ3v) is 0. The van der Waals surface area contributed by atoms with Crippen LogP contribution in [0.15, 0.2) is 0 Å². The second-order valence-electron chi connectivity index (χ2n) is 0. The van der Waals surface area contributed by atoms with Gasteiger partial charge in [-0.1, -0.05) is 0 Å². The number of rotatable bonds is 0. The van der Waals surface area contributed by atoms with Gasteiger partial charge in [0.1, 0.15) is 0 Å². The fourth-order valence-corrected chi connectivity index (χ4v) is 0. The molecule has 0 spiro atoms. The van der Waals surface area contributed by atoms with Crippen molar-refractivity contribution in [1.29, 1.82) is 0 Å². The van der Waals surface area contributed by atoms with E-state index in [2.05, 4.69) is 0 Å². The molecule has 2 nitrogen and oxygen atoms in total. The molecule has 0 aliphatic heterocycles. The van der Waals surface area contributed by atoms with Gasteiger partial charge in [0.2, 0.25) is 0 Å². The molecular weight excluding hydrogens is 184 g/mol. The van der Waals surface area contributed by atoms with E-state index in [0.29, 0.717) is 19.8 Å². The quantitative estimate of drug-likeness (QED) is 0.486. The van der Waals surface area contributed by atoms with Crippen LogP contribution in [-0.4, -0.2) is 0 Å². The van der Waals surface area contributed by atoms with Gasteiger partial charge in [0.25, 0.3) is 0 Å². The molecule has 0 atom stereocenters. The first-order valence-corrected chi connectivity index (χ1v) is 1.58. The third-order valence-electron chi connectivity index (χ3n) is 0. The van der Waals surface area contributed by atoms with Crippen LogP contribution in [0.5, 0.6) is 0 Å². The molecule has 0 radical (unpaired) electrons. The van der Waals surface area contributed by atoms with Gasteiger partial charge in [0, 0.05) is 0 Å². The van der Waals surface area contributed by atoms with Crippen LogP contribution in [0.25, 0.3) is 0 Å². The summed E-state index contributed by atoms with van der Waals surface area (Å²) < 4.78 is 16.3. The van der Waals surface area contributed by atoms with Crippen molar-refractivity contribution in [2.24, 2.45) is 0 Å². The zero-order valence-corrected chi connectivity index (χ0v) is 4.69. The van der Waals surface area contributed by atoms with Crippen molar-refractivity contribution in [2.75, 3.05) is 0 Å². The monoisotopic (exact) mass is 186 g/mol. The second kappa shape index (κ2) is 46.0. The summed E-state index contributed by atoms with van der Waals surface area (Å²) in [5, 5.41) is 0. The van der Waals surface area contributed by atoms with E-state index in [4.69, 9.17) is 7.23 Å². The van der Waals surface area contributed by atoms with Gasteiger partial charge in [-0.15, -0.1) is 0 Å². The molecule has 0 aliphatic carbocycles. The molecule has 0 aliphatic rings. The van der Waals surface area contributed by atoms with Crippen LogP contribution < -0.4 is 0 Å². The molecule has 0 aromatic rings. The Morgan fingerprint density at radius 2 is 1.25 bits per heavy atom. The van der Waals surface area contributed by atoms with E-state index in [1.807, 2.05) is 15.9 Å². The maximum atomic E-state index is 8.26. The van der Waals surface area contributed by atoms with Crippen LogP contribution in [0.3, 0.4) is 0 Å². The summed E-state index contributed by atoms with van der Waals surface area (Å²) in [7, 11) is 0. The van der Waals surface area contributed by atoms with E-state index in [-0.39, 0.29) is 0 Å². The van der Waals surface area contributed by atoms with Crippen molar-refractivity contribution in [2.45, 2.75) is 0 Å². The summed E-state index contributed by atoms with van der Waals surface area (Å²) in [6, 6.07) is 0. The first-order chi connectivity index (χ1) is 2.00. The molecule has 0 unspecified atom stereocenters. The topological polar surface area (TPSA) is 34.1 Å². The summed E-state index contributed by atoms with van der Waals surface area (Å²) >= 11 is 2.70. The summed E-state index contributed by atoms with van der Waals surface area (Å²) in [5.41, 5.74) is 0. The molecule has 0 rings (SSSR count). The van der Waals surface area contributed by atoms with Gasteiger partial charge in [-0.3, -0.25) is 0 Å². The average molecular weight is 184 g/mol. The summed E-state index contributed by atoms with van der Waals surface area (Å²) in [5.74, 6) is 0. The second-order valence-corrected chi connectivity index (χ2v) is 0. The van der Waals surface area contributed by atoms with Crippen LogP contribution in [0.2, 0.25) is 0 Å². The van der Waals surface area contributed by atoms with Crippen molar-refractivity contribution < 1.29 is 43.0 Å². The van der Waals surface area contributed by atoms with Gasteiger partial charge < -0.3 is 0 Å². The number of hydrogen-bond acceptors (Lipinski definition) is 2. The van der Waals surface area contributed by atoms with Gasteiger partial charge in [-0.2, -0.15) is 0 Å². The Bertz CT molecular complexity index is 8.00. The Labute approximate surface area is 43.2 Å². The van der Waals surface area contributed by atoms with E-state index in [0.717, 1.165) is 0 Å². The minimum absolute atomic E-state index is 0.700. The number of hydrogen-bond donors (Lipinski definition) is 0. The van der Waals surface area contributed by atoms with Crippen LogP contribution >= 0.6 is 0 Å². The van der Waals surface area contributed by atoms with Crippen molar-refractivity contribution in [3.8, 4) is 0 Å². The summed E-state index contributed by atoms with van der Waals surface area (Å²) in [4.78, 5) is 0. The molecule has 0 saturated heterocycles. The fraction of sp³-hybridized carbons (Fsp3) is 0. The van der Waals surface area contributed by atoms with Gasteiger partial charge in [-0.05, 0) is 0 Å². The Morgan fingerprint density at radius 3 is 1.25 bits per heavy atom. The normalized spacial score (nSPS) is 2.25. The van der Waals surface area contributed by atoms with Gasteiger partial charge in [0.05, 0.1) is 0 Å². The molecule has 0 amide bonds. The maximum absolute atomic E-state index is 8.26. The molecular formula is FeMoO2. The van der Waals surface area contributed by atoms with E-state index >= 15 is 0 Å².